The minimum Gasteiger partial charge on any atom is -0.481 e. The molecule has 0 saturated carbocycles. The third-order valence-corrected chi connectivity index (χ3v) is 3.28. The highest BCUT2D eigenvalue weighted by Crippen LogP contribution is 2.30. The van der Waals surface area contributed by atoms with Crippen molar-refractivity contribution in [2.75, 3.05) is 0 Å². The maximum atomic E-state index is 13.5. The van der Waals surface area contributed by atoms with Crippen molar-refractivity contribution in [2.24, 2.45) is 0 Å². The van der Waals surface area contributed by atoms with Crippen LogP contribution in [0.4, 0.5) is 8.78 Å². The molecule has 2 aromatic rings. The molecule has 0 fully saturated rings. The van der Waals surface area contributed by atoms with Gasteiger partial charge in [-0.15, -0.1) is 0 Å². The van der Waals surface area contributed by atoms with Crippen LogP contribution in [0, 0.1) is 11.6 Å². The molecular formula is C15H11ClF2O2. The van der Waals surface area contributed by atoms with Crippen LogP contribution < -0.4 is 0 Å². The summed E-state index contributed by atoms with van der Waals surface area (Å²) in [7, 11) is 0. The van der Waals surface area contributed by atoms with Crippen molar-refractivity contribution in [2.45, 2.75) is 12.3 Å². The van der Waals surface area contributed by atoms with Gasteiger partial charge in [-0.3, -0.25) is 4.79 Å². The molecule has 0 aliphatic heterocycles. The predicted molar refractivity (Wildman–Crippen MR) is 71.9 cm³/mol. The Morgan fingerprint density at radius 1 is 1.15 bits per heavy atom. The van der Waals surface area contributed by atoms with E-state index in [2.05, 4.69) is 0 Å². The Morgan fingerprint density at radius 3 is 2.45 bits per heavy atom. The fourth-order valence-electron chi connectivity index (χ4n) is 2.06. The third-order valence-electron chi connectivity index (χ3n) is 2.98. The summed E-state index contributed by atoms with van der Waals surface area (Å²) < 4.78 is 26.8. The normalized spacial score (nSPS) is 12.2. The van der Waals surface area contributed by atoms with Gasteiger partial charge < -0.3 is 5.11 Å². The first-order valence-corrected chi connectivity index (χ1v) is 6.27. The van der Waals surface area contributed by atoms with E-state index >= 15 is 0 Å². The molecule has 5 heteroatoms. The summed E-state index contributed by atoms with van der Waals surface area (Å²) >= 11 is 5.61. The first kappa shape index (κ1) is 14.5. The van der Waals surface area contributed by atoms with Gasteiger partial charge in [0.1, 0.15) is 11.6 Å². The summed E-state index contributed by atoms with van der Waals surface area (Å²) in [5.74, 6) is -2.77. The molecule has 0 amide bonds. The predicted octanol–water partition coefficient (Wildman–Crippen LogP) is 4.22. The number of benzene rings is 2. The SMILES string of the molecule is O=C(O)C[C@H](c1cccc(F)c1)c1ccc(Cl)c(F)c1. The molecule has 0 spiro atoms. The lowest BCUT2D eigenvalue weighted by atomic mass is 9.88. The third kappa shape index (κ3) is 3.33. The molecule has 0 heterocycles. The zero-order valence-electron chi connectivity index (χ0n) is 10.3. The van der Waals surface area contributed by atoms with Crippen molar-refractivity contribution in [1.29, 1.82) is 0 Å². The smallest absolute Gasteiger partial charge is 0.304 e. The Morgan fingerprint density at radius 2 is 1.85 bits per heavy atom. The fourth-order valence-corrected chi connectivity index (χ4v) is 2.17. The lowest BCUT2D eigenvalue weighted by Gasteiger charge is -2.16. The molecule has 2 aromatic carbocycles. The lowest BCUT2D eigenvalue weighted by Crippen LogP contribution is -2.08. The molecule has 0 unspecified atom stereocenters. The van der Waals surface area contributed by atoms with Gasteiger partial charge in [-0.25, -0.2) is 8.78 Å². The Bertz CT molecular complexity index is 644. The Balaban J connectivity index is 2.46. The molecule has 1 atom stereocenters. The van der Waals surface area contributed by atoms with Gasteiger partial charge in [-0.2, -0.15) is 0 Å². The highest BCUT2D eigenvalue weighted by atomic mass is 35.5. The Kier molecular flexibility index (Phi) is 4.35. The van der Waals surface area contributed by atoms with Crippen LogP contribution >= 0.6 is 11.6 Å². The molecule has 0 aromatic heterocycles. The summed E-state index contributed by atoms with van der Waals surface area (Å²) in [4.78, 5) is 11.0. The largest absolute Gasteiger partial charge is 0.481 e. The highest BCUT2D eigenvalue weighted by Gasteiger charge is 2.19. The molecule has 0 radical (unpaired) electrons. The standard InChI is InChI=1S/C15H11ClF2O2/c16-13-5-4-10(7-14(13)18)12(8-15(19)20)9-2-1-3-11(17)6-9/h1-7,12H,8H2,(H,19,20)/t12-/m1/s1. The van der Waals surface area contributed by atoms with E-state index in [-0.39, 0.29) is 11.4 Å². The second kappa shape index (κ2) is 6.01. The highest BCUT2D eigenvalue weighted by molar-refractivity contribution is 6.30. The van der Waals surface area contributed by atoms with E-state index in [1.54, 1.807) is 12.1 Å². The van der Waals surface area contributed by atoms with Gasteiger partial charge in [0.15, 0.2) is 0 Å². The maximum absolute atomic E-state index is 13.5. The van der Waals surface area contributed by atoms with E-state index in [9.17, 15) is 13.6 Å². The zero-order chi connectivity index (χ0) is 14.7. The van der Waals surface area contributed by atoms with E-state index in [0.717, 1.165) is 0 Å². The van der Waals surface area contributed by atoms with Gasteiger partial charge in [0, 0.05) is 5.92 Å². The first-order valence-electron chi connectivity index (χ1n) is 5.89. The second-order valence-electron chi connectivity index (χ2n) is 4.38. The number of hydrogen-bond acceptors (Lipinski definition) is 1. The summed E-state index contributed by atoms with van der Waals surface area (Å²) in [5, 5.41) is 8.95. The lowest BCUT2D eigenvalue weighted by molar-refractivity contribution is -0.137. The van der Waals surface area contributed by atoms with Crippen molar-refractivity contribution in [1.82, 2.24) is 0 Å². The number of carboxylic acid groups (broad SMARTS) is 1. The maximum Gasteiger partial charge on any atom is 0.304 e. The van der Waals surface area contributed by atoms with E-state index in [1.165, 1.54) is 30.3 Å². The average molecular weight is 297 g/mol. The van der Waals surface area contributed by atoms with Crippen LogP contribution in [0.2, 0.25) is 5.02 Å². The number of halogens is 3. The molecule has 104 valence electrons. The van der Waals surface area contributed by atoms with Crippen molar-refractivity contribution >= 4 is 17.6 Å². The number of rotatable bonds is 4. The molecule has 1 N–H and O–H groups in total. The van der Waals surface area contributed by atoms with Crippen LogP contribution in [0.5, 0.6) is 0 Å². The van der Waals surface area contributed by atoms with Crippen molar-refractivity contribution in [3.63, 3.8) is 0 Å². The minimum atomic E-state index is -1.05. The average Bonchev–Trinajstić information content (AvgIpc) is 2.39. The number of hydrogen-bond donors (Lipinski definition) is 1. The fraction of sp³-hybridized carbons (Fsp3) is 0.133. The number of carbonyl (C=O) groups is 1. The zero-order valence-corrected chi connectivity index (χ0v) is 11.1. The van der Waals surface area contributed by atoms with Crippen LogP contribution in [-0.2, 0) is 4.79 Å². The van der Waals surface area contributed by atoms with E-state index in [4.69, 9.17) is 16.7 Å². The molecule has 2 rings (SSSR count). The molecule has 0 saturated heterocycles. The molecule has 0 aliphatic carbocycles. The second-order valence-corrected chi connectivity index (χ2v) is 4.79. The van der Waals surface area contributed by atoms with Gasteiger partial charge in [0.2, 0.25) is 0 Å². The van der Waals surface area contributed by atoms with E-state index in [0.29, 0.717) is 11.1 Å². The van der Waals surface area contributed by atoms with Crippen LogP contribution in [-0.4, -0.2) is 11.1 Å². The van der Waals surface area contributed by atoms with E-state index < -0.39 is 23.5 Å². The number of carboxylic acids is 1. The molecular weight excluding hydrogens is 286 g/mol. The number of aliphatic carboxylic acids is 1. The van der Waals surface area contributed by atoms with Gasteiger partial charge in [0.25, 0.3) is 0 Å². The van der Waals surface area contributed by atoms with E-state index in [1.807, 2.05) is 0 Å². The van der Waals surface area contributed by atoms with Gasteiger partial charge in [-0.05, 0) is 35.4 Å². The van der Waals surface area contributed by atoms with Crippen LogP contribution in [0.15, 0.2) is 42.5 Å². The monoisotopic (exact) mass is 296 g/mol. The van der Waals surface area contributed by atoms with Crippen LogP contribution in [0.3, 0.4) is 0 Å². The molecule has 2 nitrogen and oxygen atoms in total. The van der Waals surface area contributed by atoms with Crippen molar-refractivity contribution in [3.05, 3.63) is 70.2 Å². The summed E-state index contributed by atoms with van der Waals surface area (Å²) in [6, 6.07) is 9.71. The molecule has 20 heavy (non-hydrogen) atoms. The molecule has 0 bridgehead atoms. The van der Waals surface area contributed by atoms with Gasteiger partial charge in [0.05, 0.1) is 11.4 Å². The van der Waals surface area contributed by atoms with Crippen LogP contribution in [0.25, 0.3) is 0 Å². The topological polar surface area (TPSA) is 37.3 Å². The quantitative estimate of drug-likeness (QED) is 0.917. The van der Waals surface area contributed by atoms with Crippen molar-refractivity contribution in [3.8, 4) is 0 Å². The summed E-state index contributed by atoms with van der Waals surface area (Å²) in [6.07, 6.45) is -0.259. The molecule has 0 aliphatic rings. The Hall–Kier alpha value is -1.94. The first-order chi connectivity index (χ1) is 9.47. The van der Waals surface area contributed by atoms with Crippen molar-refractivity contribution < 1.29 is 18.7 Å². The van der Waals surface area contributed by atoms with Gasteiger partial charge >= 0.3 is 5.97 Å². The van der Waals surface area contributed by atoms with Crippen LogP contribution in [0.1, 0.15) is 23.5 Å². The minimum absolute atomic E-state index is 0.0398. The summed E-state index contributed by atoms with van der Waals surface area (Å²) in [5.41, 5.74) is 0.925. The van der Waals surface area contributed by atoms with Gasteiger partial charge in [-0.1, -0.05) is 29.8 Å². The summed E-state index contributed by atoms with van der Waals surface area (Å²) in [6.45, 7) is 0. The Labute approximate surface area is 119 Å².